The van der Waals surface area contributed by atoms with Crippen molar-refractivity contribution in [3.05, 3.63) is 59.1 Å². The molecule has 0 saturated heterocycles. The van der Waals surface area contributed by atoms with E-state index in [9.17, 15) is 9.90 Å². The molecular weight excluding hydrogens is 322 g/mol. The highest BCUT2D eigenvalue weighted by Gasteiger charge is 2.19. The lowest BCUT2D eigenvalue weighted by molar-refractivity contribution is 0.371. The Labute approximate surface area is 143 Å². The van der Waals surface area contributed by atoms with Crippen LogP contribution in [0.15, 0.2) is 42.0 Å². The number of benzene rings is 1. The second-order valence-electron chi connectivity index (χ2n) is 5.58. The van der Waals surface area contributed by atoms with Crippen LogP contribution in [0.1, 0.15) is 24.4 Å². The summed E-state index contributed by atoms with van der Waals surface area (Å²) in [6.07, 6.45) is 5.68. The molecule has 8 nitrogen and oxygen atoms in total. The van der Waals surface area contributed by atoms with Crippen LogP contribution >= 0.6 is 0 Å². The fourth-order valence-electron chi connectivity index (χ4n) is 2.72. The number of phenolic OH excluding ortho intramolecular Hbond substituents is 1. The highest BCUT2D eigenvalue weighted by Crippen LogP contribution is 2.36. The van der Waals surface area contributed by atoms with Crippen LogP contribution in [0.3, 0.4) is 0 Å². The number of hydrogen-bond donors (Lipinski definition) is 3. The Kier molecular flexibility index (Phi) is 4.42. The second-order valence-corrected chi connectivity index (χ2v) is 5.58. The first-order chi connectivity index (χ1) is 12.0. The van der Waals surface area contributed by atoms with Crippen molar-refractivity contribution in [2.24, 2.45) is 0 Å². The van der Waals surface area contributed by atoms with E-state index in [1.165, 1.54) is 7.11 Å². The van der Waals surface area contributed by atoms with E-state index in [2.05, 4.69) is 26.7 Å². The zero-order chi connectivity index (χ0) is 18.0. The predicted molar refractivity (Wildman–Crippen MR) is 92.8 cm³/mol. The zero-order valence-corrected chi connectivity index (χ0v) is 14.0. The molecule has 130 valence electrons. The Bertz CT molecular complexity index is 953. The number of nitrogens with one attached hydrogen (secondary N) is 2. The van der Waals surface area contributed by atoms with Gasteiger partial charge in [0, 0.05) is 23.5 Å². The third-order valence-electron chi connectivity index (χ3n) is 4.00. The van der Waals surface area contributed by atoms with Crippen molar-refractivity contribution in [1.29, 1.82) is 0 Å². The number of aromatic amines is 2. The molecular formula is C17H19N5O3. The summed E-state index contributed by atoms with van der Waals surface area (Å²) in [6.45, 7) is 5.62. The molecule has 0 saturated carbocycles. The molecule has 0 amide bonds. The van der Waals surface area contributed by atoms with E-state index >= 15 is 0 Å². The molecule has 0 fully saturated rings. The normalized spacial score (nSPS) is 12.1. The number of H-pyrrole nitrogens is 2. The van der Waals surface area contributed by atoms with E-state index < -0.39 is 0 Å². The lowest BCUT2D eigenvalue weighted by Gasteiger charge is -2.16. The summed E-state index contributed by atoms with van der Waals surface area (Å²) >= 11 is 0. The van der Waals surface area contributed by atoms with Gasteiger partial charge in [0.05, 0.1) is 13.2 Å². The van der Waals surface area contributed by atoms with Gasteiger partial charge in [-0.3, -0.25) is 4.98 Å². The van der Waals surface area contributed by atoms with Gasteiger partial charge in [-0.2, -0.15) is 5.10 Å². The lowest BCUT2D eigenvalue weighted by Crippen LogP contribution is -2.11. The molecule has 3 rings (SSSR count). The average Bonchev–Trinajstić information content (AvgIpc) is 3.25. The maximum absolute atomic E-state index is 11.3. The van der Waals surface area contributed by atoms with E-state index in [1.54, 1.807) is 24.5 Å². The molecule has 0 bridgehead atoms. The Balaban J connectivity index is 2.09. The standard InChI is InChI=1S/C17H19N5O3/c1-4-5-11-8-12(9-13(25-3)14(11)23)16-18-6-7-22(16)10(2)15-19-17(24)21-20-15/h4,6-10,23H,1,5H2,2-3H3,(H2,19,20,21,24)/t10-/m1/s1. The fraction of sp³-hybridized carbons (Fsp3) is 0.235. The molecule has 3 aromatic rings. The minimum Gasteiger partial charge on any atom is -0.504 e. The Hall–Kier alpha value is -3.29. The number of nitrogens with zero attached hydrogens (tertiary/aromatic N) is 3. The molecule has 0 aliphatic rings. The van der Waals surface area contributed by atoms with Crippen molar-refractivity contribution in [2.75, 3.05) is 7.11 Å². The summed E-state index contributed by atoms with van der Waals surface area (Å²) in [7, 11) is 1.50. The molecule has 0 aliphatic heterocycles. The third-order valence-corrected chi connectivity index (χ3v) is 4.00. The fourth-order valence-corrected chi connectivity index (χ4v) is 2.72. The molecule has 0 unspecified atom stereocenters. The summed E-state index contributed by atoms with van der Waals surface area (Å²) in [5.74, 6) is 1.62. The maximum Gasteiger partial charge on any atom is 0.340 e. The molecule has 0 radical (unpaired) electrons. The number of rotatable bonds is 6. The zero-order valence-electron chi connectivity index (χ0n) is 14.0. The van der Waals surface area contributed by atoms with E-state index in [4.69, 9.17) is 4.74 Å². The quantitative estimate of drug-likeness (QED) is 0.594. The van der Waals surface area contributed by atoms with Crippen LogP contribution in [0, 0.1) is 0 Å². The second kappa shape index (κ2) is 6.68. The minimum absolute atomic E-state index is 0.0916. The number of phenols is 1. The first-order valence-corrected chi connectivity index (χ1v) is 7.73. The summed E-state index contributed by atoms with van der Waals surface area (Å²) in [4.78, 5) is 18.4. The van der Waals surface area contributed by atoms with E-state index in [0.717, 1.165) is 5.56 Å². The van der Waals surface area contributed by atoms with Gasteiger partial charge >= 0.3 is 5.69 Å². The highest BCUT2D eigenvalue weighted by atomic mass is 16.5. The van der Waals surface area contributed by atoms with Crippen LogP contribution in [0.2, 0.25) is 0 Å². The first kappa shape index (κ1) is 16.6. The Morgan fingerprint density at radius 3 is 2.92 bits per heavy atom. The summed E-state index contributed by atoms with van der Waals surface area (Å²) in [5.41, 5.74) is 1.11. The van der Waals surface area contributed by atoms with Gasteiger partial charge in [-0.15, -0.1) is 6.58 Å². The van der Waals surface area contributed by atoms with Crippen molar-refractivity contribution in [1.82, 2.24) is 24.7 Å². The molecule has 8 heteroatoms. The summed E-state index contributed by atoms with van der Waals surface area (Å²) < 4.78 is 7.16. The summed E-state index contributed by atoms with van der Waals surface area (Å²) in [5, 5.41) is 16.6. The number of imidazole rings is 1. The molecule has 1 atom stereocenters. The first-order valence-electron chi connectivity index (χ1n) is 7.73. The molecule has 1 aromatic carbocycles. The SMILES string of the molecule is C=CCc1cc(-c2nccn2[C@H](C)c2n[nH]c(=O)[nH]2)cc(OC)c1O. The van der Waals surface area contributed by atoms with E-state index in [0.29, 0.717) is 29.4 Å². The van der Waals surface area contributed by atoms with Crippen LogP contribution in [0.25, 0.3) is 11.4 Å². The van der Waals surface area contributed by atoms with Crippen LogP contribution < -0.4 is 10.4 Å². The number of aromatic nitrogens is 5. The highest BCUT2D eigenvalue weighted by molar-refractivity contribution is 5.64. The number of methoxy groups -OCH3 is 1. The van der Waals surface area contributed by atoms with Gasteiger partial charge in [-0.1, -0.05) is 6.08 Å². The van der Waals surface area contributed by atoms with Gasteiger partial charge < -0.3 is 14.4 Å². The predicted octanol–water partition coefficient (Wildman–Crippen LogP) is 2.01. The number of hydrogen-bond acceptors (Lipinski definition) is 5. The van der Waals surface area contributed by atoms with Gasteiger partial charge in [0.15, 0.2) is 17.3 Å². The van der Waals surface area contributed by atoms with E-state index in [1.807, 2.05) is 17.6 Å². The number of ether oxygens (including phenoxy) is 1. The third kappa shape index (κ3) is 3.06. The van der Waals surface area contributed by atoms with Crippen LogP contribution in [0.5, 0.6) is 11.5 Å². The smallest absolute Gasteiger partial charge is 0.340 e. The van der Waals surface area contributed by atoms with Crippen LogP contribution in [-0.2, 0) is 6.42 Å². The van der Waals surface area contributed by atoms with Crippen molar-refractivity contribution in [2.45, 2.75) is 19.4 Å². The van der Waals surface area contributed by atoms with Crippen molar-refractivity contribution < 1.29 is 9.84 Å². The molecule has 25 heavy (non-hydrogen) atoms. The molecule has 2 aromatic heterocycles. The van der Waals surface area contributed by atoms with Gasteiger partial charge in [0.2, 0.25) is 0 Å². The average molecular weight is 341 g/mol. The number of aromatic hydroxyl groups is 1. The maximum atomic E-state index is 11.3. The minimum atomic E-state index is -0.358. The molecule has 0 spiro atoms. The largest absolute Gasteiger partial charge is 0.504 e. The lowest BCUT2D eigenvalue weighted by atomic mass is 10.0. The van der Waals surface area contributed by atoms with Crippen LogP contribution in [0.4, 0.5) is 0 Å². The van der Waals surface area contributed by atoms with Gasteiger partial charge in [-0.05, 0) is 25.5 Å². The van der Waals surface area contributed by atoms with Crippen molar-refractivity contribution >= 4 is 0 Å². The topological polar surface area (TPSA) is 109 Å². The van der Waals surface area contributed by atoms with Gasteiger partial charge in [0.25, 0.3) is 0 Å². The monoisotopic (exact) mass is 341 g/mol. The molecule has 2 heterocycles. The van der Waals surface area contributed by atoms with Crippen LogP contribution in [-0.4, -0.2) is 36.9 Å². The van der Waals surface area contributed by atoms with Crippen molar-refractivity contribution in [3.8, 4) is 22.9 Å². The Morgan fingerprint density at radius 1 is 1.48 bits per heavy atom. The molecule has 3 N–H and O–H groups in total. The summed E-state index contributed by atoms with van der Waals surface area (Å²) in [6, 6.07) is 3.33. The number of allylic oxidation sites excluding steroid dienone is 1. The van der Waals surface area contributed by atoms with Gasteiger partial charge in [-0.25, -0.2) is 14.9 Å². The van der Waals surface area contributed by atoms with Crippen molar-refractivity contribution in [3.63, 3.8) is 0 Å². The van der Waals surface area contributed by atoms with E-state index in [-0.39, 0.29) is 17.5 Å². The Morgan fingerprint density at radius 2 is 2.28 bits per heavy atom. The molecule has 0 aliphatic carbocycles. The van der Waals surface area contributed by atoms with Gasteiger partial charge in [0.1, 0.15) is 5.82 Å².